The average molecular weight is 715 g/mol. The van der Waals surface area contributed by atoms with E-state index in [1.807, 2.05) is 96.6 Å². The van der Waals surface area contributed by atoms with Crippen molar-refractivity contribution in [2.45, 2.75) is 70.1 Å². The summed E-state index contributed by atoms with van der Waals surface area (Å²) in [7, 11) is 1.30. The molecule has 2 saturated heterocycles. The largest absolute Gasteiger partial charge is 0.453 e. The third kappa shape index (κ3) is 7.62. The molecule has 274 valence electrons. The van der Waals surface area contributed by atoms with Gasteiger partial charge in [0.25, 0.3) is 0 Å². The number of likely N-dealkylation sites (tertiary alicyclic amines) is 2. The fourth-order valence-electron chi connectivity index (χ4n) is 7.46. The zero-order valence-corrected chi connectivity index (χ0v) is 30.3. The molecule has 5 atom stereocenters. The first-order valence-electron chi connectivity index (χ1n) is 18.4. The van der Waals surface area contributed by atoms with Crippen LogP contribution in [-0.2, 0) is 14.3 Å². The number of aromatic nitrogens is 4. The molecule has 7 rings (SSSR count). The zero-order chi connectivity index (χ0) is 37.1. The molecule has 4 aromatic rings. The smallest absolute Gasteiger partial charge is 0.407 e. The average Bonchev–Trinajstić information content (AvgIpc) is 4.01. The topological polar surface area (TPSA) is 162 Å². The highest BCUT2D eigenvalue weighted by atomic mass is 16.5. The predicted molar refractivity (Wildman–Crippen MR) is 202 cm³/mol. The highest BCUT2D eigenvalue weighted by Crippen LogP contribution is 2.34. The van der Waals surface area contributed by atoms with Crippen LogP contribution < -0.4 is 11.1 Å². The Morgan fingerprint density at radius 3 is 2.32 bits per heavy atom. The van der Waals surface area contributed by atoms with Gasteiger partial charge in [-0.1, -0.05) is 62.1 Å². The third-order valence-corrected chi connectivity index (χ3v) is 10.5. The van der Waals surface area contributed by atoms with Crippen molar-refractivity contribution in [3.8, 4) is 23.1 Å². The second kappa shape index (κ2) is 15.5. The van der Waals surface area contributed by atoms with Crippen LogP contribution in [0.3, 0.4) is 0 Å². The number of nitrogens with zero attached hydrogens (tertiary/aromatic N) is 4. The summed E-state index contributed by atoms with van der Waals surface area (Å²) in [6.45, 7) is 5.21. The summed E-state index contributed by atoms with van der Waals surface area (Å²) in [5.74, 6) is 7.78. The van der Waals surface area contributed by atoms with E-state index in [4.69, 9.17) is 15.5 Å². The SMILES string of the molecule is COC(=O)N[C@@H](C(=O)N1CCC[C@H]1c1nc2ccc(C#Cc3ccc(-c4cnc([C@@H]5CCCN5C(=O)[C@@H](N)C(C)C)[nH]4)cc3)cc2[nH]1)C1C=CC=CC1. The molecule has 12 heteroatoms. The van der Waals surface area contributed by atoms with Gasteiger partial charge in [0, 0.05) is 30.1 Å². The number of nitrogens with one attached hydrogen (secondary N) is 3. The van der Waals surface area contributed by atoms with Crippen molar-refractivity contribution in [3.63, 3.8) is 0 Å². The number of carbonyl (C=O) groups excluding carboxylic acids is 3. The number of amides is 3. The van der Waals surface area contributed by atoms with Crippen molar-refractivity contribution in [2.24, 2.45) is 17.6 Å². The lowest BCUT2D eigenvalue weighted by Crippen LogP contribution is -2.52. The summed E-state index contributed by atoms with van der Waals surface area (Å²) in [6, 6.07) is 12.3. The first-order valence-corrected chi connectivity index (χ1v) is 18.4. The summed E-state index contributed by atoms with van der Waals surface area (Å²) in [5.41, 5.74) is 11.4. The van der Waals surface area contributed by atoms with E-state index in [0.29, 0.717) is 19.5 Å². The van der Waals surface area contributed by atoms with Gasteiger partial charge in [-0.05, 0) is 73.9 Å². The van der Waals surface area contributed by atoms with Crippen LogP contribution in [0, 0.1) is 23.7 Å². The van der Waals surface area contributed by atoms with Crippen LogP contribution in [0.25, 0.3) is 22.3 Å². The molecule has 3 amide bonds. The number of methoxy groups -OCH3 is 1. The monoisotopic (exact) mass is 714 g/mol. The van der Waals surface area contributed by atoms with Gasteiger partial charge in [-0.2, -0.15) is 0 Å². The lowest BCUT2D eigenvalue weighted by molar-refractivity contribution is -0.135. The molecule has 0 bridgehead atoms. The minimum Gasteiger partial charge on any atom is -0.453 e. The Hall–Kier alpha value is -5.67. The van der Waals surface area contributed by atoms with E-state index in [9.17, 15) is 14.4 Å². The second-order valence-corrected chi connectivity index (χ2v) is 14.3. The molecule has 5 N–H and O–H groups in total. The van der Waals surface area contributed by atoms with Crippen molar-refractivity contribution in [3.05, 3.63) is 95.7 Å². The van der Waals surface area contributed by atoms with Gasteiger partial charge in [-0.25, -0.2) is 14.8 Å². The van der Waals surface area contributed by atoms with Crippen LogP contribution in [0.4, 0.5) is 4.79 Å². The molecule has 2 aliphatic heterocycles. The van der Waals surface area contributed by atoms with E-state index in [2.05, 4.69) is 32.1 Å². The van der Waals surface area contributed by atoms with Crippen LogP contribution in [0.5, 0.6) is 0 Å². The third-order valence-electron chi connectivity index (χ3n) is 10.5. The first kappa shape index (κ1) is 35.7. The summed E-state index contributed by atoms with van der Waals surface area (Å²) in [6.07, 6.45) is 13.0. The van der Waals surface area contributed by atoms with Gasteiger partial charge in [0.15, 0.2) is 0 Å². The summed E-state index contributed by atoms with van der Waals surface area (Å²) >= 11 is 0. The molecule has 53 heavy (non-hydrogen) atoms. The van der Waals surface area contributed by atoms with Crippen LogP contribution in [0.1, 0.15) is 80.8 Å². The maximum Gasteiger partial charge on any atom is 0.407 e. The highest BCUT2D eigenvalue weighted by molar-refractivity contribution is 5.87. The highest BCUT2D eigenvalue weighted by Gasteiger charge is 2.39. The molecule has 4 heterocycles. The molecule has 1 unspecified atom stereocenters. The number of hydrogen-bond acceptors (Lipinski definition) is 7. The Morgan fingerprint density at radius 2 is 1.62 bits per heavy atom. The summed E-state index contributed by atoms with van der Waals surface area (Å²) < 4.78 is 4.85. The van der Waals surface area contributed by atoms with Crippen molar-refractivity contribution in [2.75, 3.05) is 20.2 Å². The number of rotatable bonds is 8. The van der Waals surface area contributed by atoms with Gasteiger partial charge in [0.2, 0.25) is 11.8 Å². The number of nitrogens with two attached hydrogens (primary N) is 1. The lowest BCUT2D eigenvalue weighted by atomic mass is 9.91. The van der Waals surface area contributed by atoms with Gasteiger partial charge < -0.3 is 35.6 Å². The Kier molecular flexibility index (Phi) is 10.5. The van der Waals surface area contributed by atoms with E-state index in [1.165, 1.54) is 7.11 Å². The van der Waals surface area contributed by atoms with E-state index in [0.717, 1.165) is 70.7 Å². The summed E-state index contributed by atoms with van der Waals surface area (Å²) in [5, 5.41) is 2.78. The molecule has 12 nitrogen and oxygen atoms in total. The Balaban J connectivity index is 1.03. The Bertz CT molecular complexity index is 2100. The predicted octanol–water partition coefficient (Wildman–Crippen LogP) is 5.52. The molecule has 2 aromatic heterocycles. The van der Waals surface area contributed by atoms with E-state index in [1.54, 1.807) is 0 Å². The van der Waals surface area contributed by atoms with E-state index >= 15 is 0 Å². The van der Waals surface area contributed by atoms with Crippen molar-refractivity contribution >= 4 is 28.9 Å². The minimum absolute atomic E-state index is 0.0201. The zero-order valence-electron chi connectivity index (χ0n) is 30.3. The van der Waals surface area contributed by atoms with Crippen LogP contribution >= 0.6 is 0 Å². The fraction of sp³-hybridized carbons (Fsp3) is 0.390. The molecular weight excluding hydrogens is 669 g/mol. The first-order chi connectivity index (χ1) is 25.7. The molecule has 2 aromatic carbocycles. The molecule has 0 radical (unpaired) electrons. The number of aromatic amines is 2. The number of ether oxygens (including phenoxy) is 1. The number of carbonyl (C=O) groups is 3. The Morgan fingerprint density at radius 1 is 0.925 bits per heavy atom. The molecule has 0 saturated carbocycles. The number of benzene rings is 2. The molecular formula is C41H46N8O4. The number of allylic oxidation sites excluding steroid dienone is 3. The van der Waals surface area contributed by atoms with Gasteiger partial charge in [-0.3, -0.25) is 9.59 Å². The number of H-pyrrole nitrogens is 2. The quantitative estimate of drug-likeness (QED) is 0.175. The van der Waals surface area contributed by atoms with Crippen molar-refractivity contribution in [1.29, 1.82) is 0 Å². The minimum atomic E-state index is -0.740. The molecule has 2 fully saturated rings. The van der Waals surface area contributed by atoms with Crippen LogP contribution in [0.15, 0.2) is 73.0 Å². The van der Waals surface area contributed by atoms with Crippen molar-refractivity contribution < 1.29 is 19.1 Å². The summed E-state index contributed by atoms with van der Waals surface area (Å²) in [4.78, 5) is 59.2. The number of imidazole rings is 2. The number of hydrogen-bond donors (Lipinski definition) is 4. The van der Waals surface area contributed by atoms with Gasteiger partial charge in [-0.15, -0.1) is 0 Å². The number of alkyl carbamates (subject to hydrolysis) is 1. The second-order valence-electron chi connectivity index (χ2n) is 14.3. The van der Waals surface area contributed by atoms with Gasteiger partial charge >= 0.3 is 6.09 Å². The maximum atomic E-state index is 13.9. The lowest BCUT2D eigenvalue weighted by Gasteiger charge is -2.31. The maximum absolute atomic E-state index is 13.9. The Labute approximate surface area is 309 Å². The van der Waals surface area contributed by atoms with Crippen molar-refractivity contribution in [1.82, 2.24) is 35.1 Å². The van der Waals surface area contributed by atoms with Crippen LogP contribution in [0.2, 0.25) is 0 Å². The standard InChI is InChI=1S/C41H46N8O4/c1-25(2)35(42)39(50)48-21-7-11-33(48)37-43-24-32(46-37)28-18-15-26(16-19-28)13-14-27-17-20-30-31(23-27)45-38(44-30)34-12-8-22-49(34)40(51)36(47-41(52)53-3)29-9-5-4-6-10-29/h4-6,9,15-20,23-25,29,33-36H,7-8,10-12,21-22,42H2,1-3H3,(H,43,46)(H,44,45)(H,47,52)/t29?,33-,34-,35-,36+/m0/s1. The van der Waals surface area contributed by atoms with E-state index in [-0.39, 0.29) is 35.7 Å². The van der Waals surface area contributed by atoms with Crippen LogP contribution in [-0.4, -0.2) is 79.9 Å². The van der Waals surface area contributed by atoms with Gasteiger partial charge in [0.1, 0.15) is 17.7 Å². The molecule has 0 spiro atoms. The molecule has 3 aliphatic rings. The number of fused-ring (bicyclic) bond motifs is 1. The van der Waals surface area contributed by atoms with Gasteiger partial charge in [0.05, 0.1) is 48.2 Å². The molecule has 1 aliphatic carbocycles. The van der Waals surface area contributed by atoms with E-state index < -0.39 is 18.2 Å². The fourth-order valence-corrected chi connectivity index (χ4v) is 7.46. The normalized spacial score (nSPS) is 20.7.